The number of anilines is 1. The van der Waals surface area contributed by atoms with Crippen LogP contribution in [0.5, 0.6) is 0 Å². The third-order valence-electron chi connectivity index (χ3n) is 4.75. The van der Waals surface area contributed by atoms with Gasteiger partial charge in [0.2, 0.25) is 11.1 Å². The van der Waals surface area contributed by atoms with Gasteiger partial charge in [-0.3, -0.25) is 4.79 Å². The van der Waals surface area contributed by atoms with Crippen LogP contribution in [0.3, 0.4) is 0 Å². The van der Waals surface area contributed by atoms with Gasteiger partial charge in [-0.05, 0) is 53.3 Å². The Kier molecular flexibility index (Phi) is 4.46. The van der Waals surface area contributed by atoms with Gasteiger partial charge in [-0.1, -0.05) is 30.0 Å². The van der Waals surface area contributed by atoms with Crippen LogP contribution in [0.2, 0.25) is 0 Å². The number of carbonyl (C=O) groups is 2. The van der Waals surface area contributed by atoms with E-state index in [4.69, 9.17) is 5.11 Å². The van der Waals surface area contributed by atoms with E-state index in [2.05, 4.69) is 33.0 Å². The average molecular weight is 371 g/mol. The molecule has 2 aliphatic carbocycles. The molecule has 1 saturated carbocycles. The van der Waals surface area contributed by atoms with Crippen molar-refractivity contribution in [3.8, 4) is 0 Å². The Morgan fingerprint density at radius 3 is 2.92 bits per heavy atom. The monoisotopic (exact) mass is 371 g/mol. The maximum Gasteiger partial charge on any atom is 0.335 e. The van der Waals surface area contributed by atoms with E-state index in [9.17, 15) is 9.59 Å². The third-order valence-corrected chi connectivity index (χ3v) is 5.68. The van der Waals surface area contributed by atoms with Gasteiger partial charge in [0.25, 0.3) is 0 Å². The zero-order valence-electron chi connectivity index (χ0n) is 13.8. The predicted octanol–water partition coefficient (Wildman–Crippen LogP) is 2.24. The lowest BCUT2D eigenvalue weighted by Crippen LogP contribution is -2.18. The number of aromatic carboxylic acids is 1. The maximum atomic E-state index is 12.2. The Hall–Kier alpha value is -2.68. The summed E-state index contributed by atoms with van der Waals surface area (Å²) in [6.45, 7) is 0. The van der Waals surface area contributed by atoms with E-state index in [1.165, 1.54) is 23.9 Å². The van der Waals surface area contributed by atoms with Crippen LogP contribution in [0.25, 0.3) is 0 Å². The number of rotatable bonds is 6. The van der Waals surface area contributed by atoms with Crippen molar-refractivity contribution in [3.05, 3.63) is 42.0 Å². The smallest absolute Gasteiger partial charge is 0.335 e. The second-order valence-corrected chi connectivity index (χ2v) is 7.42. The van der Waals surface area contributed by atoms with Gasteiger partial charge in [-0.15, -0.1) is 5.10 Å². The van der Waals surface area contributed by atoms with Crippen LogP contribution in [-0.4, -0.2) is 42.9 Å². The predicted molar refractivity (Wildman–Crippen MR) is 95.0 cm³/mol. The van der Waals surface area contributed by atoms with E-state index < -0.39 is 5.97 Å². The van der Waals surface area contributed by atoms with Crippen molar-refractivity contribution < 1.29 is 14.7 Å². The molecule has 4 rings (SSSR count). The molecule has 1 amide bonds. The van der Waals surface area contributed by atoms with E-state index in [0.29, 0.717) is 22.7 Å². The van der Waals surface area contributed by atoms with Gasteiger partial charge in [-0.25, -0.2) is 9.48 Å². The van der Waals surface area contributed by atoms with Gasteiger partial charge in [-0.2, -0.15) is 0 Å². The van der Waals surface area contributed by atoms with Crippen molar-refractivity contribution in [2.45, 2.75) is 24.0 Å². The summed E-state index contributed by atoms with van der Waals surface area (Å²) in [4.78, 5) is 23.2. The molecular weight excluding hydrogens is 354 g/mol. The molecule has 1 heterocycles. The lowest BCUT2D eigenvalue weighted by Gasteiger charge is -2.18. The standard InChI is InChI=1S/C17H17N5O3S/c23-15(18-13-3-1-2-12(8-13)16(24)25)9-26-17-19-20-21-22(17)14-7-10-4-5-11(14)6-10/h1-5,8,10-11,14H,6-7,9H2,(H,18,23)(H,24,25)/t10-,11+,14-/m0/s1. The summed E-state index contributed by atoms with van der Waals surface area (Å²) in [5.74, 6) is -0.0456. The number of carboxylic acid groups (broad SMARTS) is 1. The van der Waals surface area contributed by atoms with Crippen molar-refractivity contribution in [3.63, 3.8) is 0 Å². The fourth-order valence-electron chi connectivity index (χ4n) is 3.58. The fraction of sp³-hybridized carbons (Fsp3) is 0.353. The lowest BCUT2D eigenvalue weighted by atomic mass is 10.0. The Labute approximate surface area is 153 Å². The summed E-state index contributed by atoms with van der Waals surface area (Å²) in [6, 6.07) is 6.41. The van der Waals surface area contributed by atoms with Crippen molar-refractivity contribution in [2.75, 3.05) is 11.1 Å². The number of nitrogens with one attached hydrogen (secondary N) is 1. The van der Waals surface area contributed by atoms with E-state index in [-0.39, 0.29) is 23.3 Å². The molecule has 1 fully saturated rings. The topological polar surface area (TPSA) is 110 Å². The van der Waals surface area contributed by atoms with E-state index in [1.807, 2.05) is 4.68 Å². The van der Waals surface area contributed by atoms with Crippen LogP contribution in [0.1, 0.15) is 29.2 Å². The average Bonchev–Trinajstić information content (AvgIpc) is 3.36. The summed E-state index contributed by atoms with van der Waals surface area (Å²) in [5.41, 5.74) is 0.581. The molecule has 0 saturated heterocycles. The second kappa shape index (κ2) is 6.91. The minimum atomic E-state index is -1.03. The van der Waals surface area contributed by atoms with Gasteiger partial charge in [0.15, 0.2) is 0 Å². The first-order valence-corrected chi connectivity index (χ1v) is 9.31. The fourth-order valence-corrected chi connectivity index (χ4v) is 4.31. The van der Waals surface area contributed by atoms with Crippen LogP contribution in [0.4, 0.5) is 5.69 Å². The number of hydrogen-bond acceptors (Lipinski definition) is 6. The highest BCUT2D eigenvalue weighted by atomic mass is 32.2. The molecule has 2 N–H and O–H groups in total. The first kappa shape index (κ1) is 16.8. The highest BCUT2D eigenvalue weighted by Gasteiger charge is 2.38. The second-order valence-electron chi connectivity index (χ2n) is 6.48. The molecule has 0 aliphatic heterocycles. The molecule has 0 unspecified atom stereocenters. The molecule has 0 spiro atoms. The number of thioether (sulfide) groups is 1. The molecule has 2 aliphatic rings. The zero-order valence-corrected chi connectivity index (χ0v) is 14.6. The number of tetrazole rings is 1. The van der Waals surface area contributed by atoms with E-state index in [1.54, 1.807) is 12.1 Å². The Morgan fingerprint density at radius 1 is 1.31 bits per heavy atom. The minimum Gasteiger partial charge on any atom is -0.478 e. The summed E-state index contributed by atoms with van der Waals surface area (Å²) >= 11 is 1.28. The van der Waals surface area contributed by atoms with Gasteiger partial charge < -0.3 is 10.4 Å². The van der Waals surface area contributed by atoms with Crippen LogP contribution < -0.4 is 5.32 Å². The van der Waals surface area contributed by atoms with Crippen LogP contribution >= 0.6 is 11.8 Å². The van der Waals surface area contributed by atoms with Crippen molar-refractivity contribution in [1.29, 1.82) is 0 Å². The summed E-state index contributed by atoms with van der Waals surface area (Å²) in [5, 5.41) is 24.3. The van der Waals surface area contributed by atoms with Crippen LogP contribution in [-0.2, 0) is 4.79 Å². The largest absolute Gasteiger partial charge is 0.478 e. The zero-order chi connectivity index (χ0) is 18.1. The number of benzene rings is 1. The Balaban J connectivity index is 1.37. The van der Waals surface area contributed by atoms with E-state index >= 15 is 0 Å². The van der Waals surface area contributed by atoms with Gasteiger partial charge in [0.05, 0.1) is 17.4 Å². The van der Waals surface area contributed by atoms with E-state index in [0.717, 1.165) is 12.8 Å². The Bertz CT molecular complexity index is 881. The quantitative estimate of drug-likeness (QED) is 0.592. The molecule has 1 aromatic heterocycles. The first-order chi connectivity index (χ1) is 12.6. The molecule has 2 aromatic rings. The first-order valence-electron chi connectivity index (χ1n) is 8.32. The summed E-state index contributed by atoms with van der Waals surface area (Å²) in [7, 11) is 0. The molecule has 9 heteroatoms. The molecule has 1 aromatic carbocycles. The minimum absolute atomic E-state index is 0.128. The normalized spacial score (nSPS) is 23.3. The number of carboxylic acids is 1. The summed E-state index contributed by atoms with van der Waals surface area (Å²) in [6.07, 6.45) is 6.68. The van der Waals surface area contributed by atoms with Crippen molar-refractivity contribution in [2.24, 2.45) is 11.8 Å². The van der Waals surface area contributed by atoms with Crippen LogP contribution in [0, 0.1) is 11.8 Å². The van der Waals surface area contributed by atoms with Crippen molar-refractivity contribution >= 4 is 29.3 Å². The lowest BCUT2D eigenvalue weighted by molar-refractivity contribution is -0.113. The highest BCUT2D eigenvalue weighted by Crippen LogP contribution is 2.46. The summed E-state index contributed by atoms with van der Waals surface area (Å²) < 4.78 is 1.83. The maximum absolute atomic E-state index is 12.2. The number of hydrogen-bond donors (Lipinski definition) is 2. The molecule has 26 heavy (non-hydrogen) atoms. The number of amides is 1. The number of carbonyl (C=O) groups excluding carboxylic acids is 1. The van der Waals surface area contributed by atoms with Gasteiger partial charge in [0.1, 0.15) is 0 Å². The molecule has 8 nitrogen and oxygen atoms in total. The third kappa shape index (κ3) is 3.34. The molecule has 2 bridgehead atoms. The molecular formula is C17H17N5O3S. The highest BCUT2D eigenvalue weighted by molar-refractivity contribution is 7.99. The molecule has 134 valence electrons. The number of aromatic nitrogens is 4. The SMILES string of the molecule is O=C(CSc1nnnn1[C@H]1C[C@H]2C=C[C@@H]1C2)Nc1cccc(C(=O)O)c1. The van der Waals surface area contributed by atoms with Crippen LogP contribution in [0.15, 0.2) is 41.6 Å². The van der Waals surface area contributed by atoms with Gasteiger partial charge >= 0.3 is 5.97 Å². The number of fused-ring (bicyclic) bond motifs is 2. The molecule has 3 atom stereocenters. The number of nitrogens with zero attached hydrogens (tertiary/aromatic N) is 4. The molecule has 0 radical (unpaired) electrons. The number of allylic oxidation sites excluding steroid dienone is 2. The Morgan fingerprint density at radius 2 is 2.19 bits per heavy atom. The van der Waals surface area contributed by atoms with Crippen molar-refractivity contribution in [1.82, 2.24) is 20.2 Å². The van der Waals surface area contributed by atoms with Gasteiger partial charge in [0, 0.05) is 5.69 Å².